The number of rotatable bonds is 4. The van der Waals surface area contributed by atoms with Crippen molar-refractivity contribution in [3.8, 4) is 0 Å². The number of carbonyl (C=O) groups is 1. The quantitative estimate of drug-likeness (QED) is 0.790. The predicted molar refractivity (Wildman–Crippen MR) is 115 cm³/mol. The molecule has 0 radical (unpaired) electrons. The Kier molecular flexibility index (Phi) is 9.47. The molecule has 3 aliphatic rings. The molecule has 0 bridgehead atoms. The molecule has 3 heterocycles. The van der Waals surface area contributed by atoms with Crippen LogP contribution in [0.2, 0.25) is 0 Å². The Hall–Kier alpha value is -0.890. The van der Waals surface area contributed by atoms with Crippen LogP contribution in [0, 0.1) is 5.92 Å². The van der Waals surface area contributed by atoms with Gasteiger partial charge in [0.15, 0.2) is 5.69 Å². The molecule has 1 amide bonds. The van der Waals surface area contributed by atoms with Crippen LogP contribution in [0.5, 0.6) is 0 Å². The Morgan fingerprint density at radius 1 is 1.00 bits per heavy atom. The summed E-state index contributed by atoms with van der Waals surface area (Å²) in [6.45, 7) is 6.84. The topological polar surface area (TPSA) is 66.3 Å². The lowest BCUT2D eigenvalue weighted by Gasteiger charge is -2.37. The van der Waals surface area contributed by atoms with Crippen molar-refractivity contribution >= 4 is 30.7 Å². The highest BCUT2D eigenvalue weighted by Crippen LogP contribution is 2.25. The minimum absolute atomic E-state index is 0. The Morgan fingerprint density at radius 3 is 2.36 bits per heavy atom. The molecular weight excluding hydrogens is 399 g/mol. The van der Waals surface area contributed by atoms with E-state index < -0.39 is 0 Å². The lowest BCUT2D eigenvalue weighted by Crippen LogP contribution is -2.50. The summed E-state index contributed by atoms with van der Waals surface area (Å²) in [4.78, 5) is 17.3. The summed E-state index contributed by atoms with van der Waals surface area (Å²) in [5.74, 6) is 0.915. The molecule has 1 aromatic rings. The fraction of sp³-hybridized carbons (Fsp3) is 0.842. The van der Waals surface area contributed by atoms with Crippen molar-refractivity contribution in [1.82, 2.24) is 30.1 Å². The van der Waals surface area contributed by atoms with Crippen LogP contribution in [-0.2, 0) is 0 Å². The van der Waals surface area contributed by atoms with Crippen LogP contribution >= 0.6 is 24.8 Å². The number of carbonyl (C=O) groups excluding carboxylic acids is 1. The Bertz CT molecular complexity index is 593. The number of aromatic nitrogens is 3. The maximum atomic E-state index is 12.8. The first-order valence-electron chi connectivity index (χ1n) is 10.4. The summed E-state index contributed by atoms with van der Waals surface area (Å²) in [6, 6.07) is 0.373. The fourth-order valence-electron chi connectivity index (χ4n) is 4.65. The first-order chi connectivity index (χ1) is 12.8. The van der Waals surface area contributed by atoms with Gasteiger partial charge in [-0.05, 0) is 44.7 Å². The van der Waals surface area contributed by atoms with Crippen LogP contribution in [0.25, 0.3) is 0 Å². The molecule has 1 aliphatic carbocycles. The average molecular weight is 433 g/mol. The summed E-state index contributed by atoms with van der Waals surface area (Å²) in [5, 5.41) is 11.8. The maximum absolute atomic E-state index is 12.8. The summed E-state index contributed by atoms with van der Waals surface area (Å²) in [7, 11) is 0. The highest BCUT2D eigenvalue weighted by atomic mass is 35.5. The second kappa shape index (κ2) is 11.3. The number of nitrogens with zero attached hydrogens (tertiary/aromatic N) is 5. The molecule has 1 saturated carbocycles. The second-order valence-corrected chi connectivity index (χ2v) is 8.16. The van der Waals surface area contributed by atoms with Gasteiger partial charge >= 0.3 is 0 Å². The molecular formula is C19H34Cl2N6O. The fourth-order valence-corrected chi connectivity index (χ4v) is 4.65. The molecule has 1 N–H and O–H groups in total. The number of nitrogens with one attached hydrogen (secondary N) is 1. The largest absolute Gasteiger partial charge is 0.335 e. The molecule has 0 atom stereocenters. The van der Waals surface area contributed by atoms with Gasteiger partial charge in [-0.1, -0.05) is 24.5 Å². The molecule has 1 aromatic heterocycles. The van der Waals surface area contributed by atoms with E-state index in [1.54, 1.807) is 0 Å². The third-order valence-corrected chi connectivity index (χ3v) is 6.31. The minimum atomic E-state index is 0. The van der Waals surface area contributed by atoms with Crippen LogP contribution in [0.3, 0.4) is 0 Å². The molecule has 2 aliphatic heterocycles. The van der Waals surface area contributed by atoms with Crippen LogP contribution in [0.4, 0.5) is 0 Å². The number of piperazine rings is 1. The molecule has 0 unspecified atom stereocenters. The van der Waals surface area contributed by atoms with Gasteiger partial charge in [0.1, 0.15) is 0 Å². The normalized spacial score (nSPS) is 22.4. The minimum Gasteiger partial charge on any atom is -0.335 e. The van der Waals surface area contributed by atoms with E-state index in [4.69, 9.17) is 0 Å². The number of halogens is 2. The standard InChI is InChI=1S/C19H32N6O.2ClH/c26-19(18-15-25(22-21-18)17-6-8-20-9-7-17)24-12-10-23(11-13-24)14-16-4-2-1-3-5-16;;/h15-17,20H,1-14H2;2*1H. The number of amides is 1. The van der Waals surface area contributed by atoms with Crippen LogP contribution in [0.1, 0.15) is 61.5 Å². The summed E-state index contributed by atoms with van der Waals surface area (Å²) in [6.07, 6.45) is 10.9. The van der Waals surface area contributed by atoms with Crippen LogP contribution in [-0.4, -0.2) is 76.5 Å². The van der Waals surface area contributed by atoms with Crippen molar-refractivity contribution < 1.29 is 4.79 Å². The van der Waals surface area contributed by atoms with Crippen molar-refractivity contribution in [3.63, 3.8) is 0 Å². The second-order valence-electron chi connectivity index (χ2n) is 8.16. The van der Waals surface area contributed by atoms with Crippen molar-refractivity contribution in [2.45, 2.75) is 51.0 Å². The van der Waals surface area contributed by atoms with Crippen LogP contribution < -0.4 is 5.32 Å². The van der Waals surface area contributed by atoms with Gasteiger partial charge in [0.25, 0.3) is 5.91 Å². The molecule has 160 valence electrons. The van der Waals surface area contributed by atoms with Gasteiger partial charge in [0, 0.05) is 32.7 Å². The number of hydrogen-bond donors (Lipinski definition) is 1. The molecule has 28 heavy (non-hydrogen) atoms. The Labute approximate surface area is 180 Å². The van der Waals surface area contributed by atoms with E-state index in [0.717, 1.165) is 58.0 Å². The Morgan fingerprint density at radius 2 is 1.68 bits per heavy atom. The van der Waals surface area contributed by atoms with Crippen molar-refractivity contribution in [1.29, 1.82) is 0 Å². The van der Waals surface area contributed by atoms with E-state index in [0.29, 0.717) is 11.7 Å². The number of hydrogen-bond acceptors (Lipinski definition) is 5. The van der Waals surface area contributed by atoms with E-state index >= 15 is 0 Å². The highest BCUT2D eigenvalue weighted by Gasteiger charge is 2.26. The van der Waals surface area contributed by atoms with Gasteiger partial charge < -0.3 is 10.2 Å². The van der Waals surface area contributed by atoms with Gasteiger partial charge in [0.05, 0.1) is 12.2 Å². The van der Waals surface area contributed by atoms with E-state index in [1.165, 1.54) is 38.6 Å². The zero-order valence-corrected chi connectivity index (χ0v) is 18.2. The molecule has 2 saturated heterocycles. The van der Waals surface area contributed by atoms with E-state index in [-0.39, 0.29) is 30.7 Å². The molecule has 4 rings (SSSR count). The highest BCUT2D eigenvalue weighted by molar-refractivity contribution is 5.92. The van der Waals surface area contributed by atoms with Crippen molar-refractivity contribution in [3.05, 3.63) is 11.9 Å². The zero-order valence-electron chi connectivity index (χ0n) is 16.6. The smallest absolute Gasteiger partial charge is 0.276 e. The van der Waals surface area contributed by atoms with Gasteiger partial charge in [-0.25, -0.2) is 4.68 Å². The predicted octanol–water partition coefficient (Wildman–Crippen LogP) is 2.38. The monoisotopic (exact) mass is 432 g/mol. The van der Waals surface area contributed by atoms with Gasteiger partial charge in [-0.3, -0.25) is 9.69 Å². The van der Waals surface area contributed by atoms with Gasteiger partial charge in [0.2, 0.25) is 0 Å². The van der Waals surface area contributed by atoms with E-state index in [1.807, 2.05) is 15.8 Å². The zero-order chi connectivity index (χ0) is 17.8. The summed E-state index contributed by atoms with van der Waals surface area (Å²) < 4.78 is 1.90. The maximum Gasteiger partial charge on any atom is 0.276 e. The van der Waals surface area contributed by atoms with Crippen molar-refractivity contribution in [2.24, 2.45) is 5.92 Å². The third kappa shape index (κ3) is 5.81. The van der Waals surface area contributed by atoms with Crippen molar-refractivity contribution in [2.75, 3.05) is 45.8 Å². The molecule has 7 nitrogen and oxygen atoms in total. The summed E-state index contributed by atoms with van der Waals surface area (Å²) >= 11 is 0. The van der Waals surface area contributed by atoms with Gasteiger partial charge in [-0.15, -0.1) is 29.9 Å². The molecule has 0 aromatic carbocycles. The third-order valence-electron chi connectivity index (χ3n) is 6.31. The van der Waals surface area contributed by atoms with Crippen LogP contribution in [0.15, 0.2) is 6.20 Å². The number of piperidine rings is 1. The SMILES string of the molecule is Cl.Cl.O=C(c1cn(C2CCNCC2)nn1)N1CCN(CC2CCCCC2)CC1. The molecule has 9 heteroatoms. The first-order valence-corrected chi connectivity index (χ1v) is 10.4. The average Bonchev–Trinajstić information content (AvgIpc) is 3.20. The lowest BCUT2D eigenvalue weighted by atomic mass is 9.89. The lowest BCUT2D eigenvalue weighted by molar-refractivity contribution is 0.0600. The van der Waals surface area contributed by atoms with Gasteiger partial charge in [-0.2, -0.15) is 0 Å². The molecule has 0 spiro atoms. The van der Waals surface area contributed by atoms with E-state index in [2.05, 4.69) is 20.5 Å². The molecule has 3 fully saturated rings. The Balaban J connectivity index is 0.00000140. The first kappa shape index (κ1) is 23.4. The van der Waals surface area contributed by atoms with E-state index in [9.17, 15) is 4.79 Å². The summed E-state index contributed by atoms with van der Waals surface area (Å²) in [5.41, 5.74) is 0.504.